The first-order chi connectivity index (χ1) is 9.65. The van der Waals surface area contributed by atoms with Gasteiger partial charge in [0.2, 0.25) is 0 Å². The van der Waals surface area contributed by atoms with E-state index in [1.54, 1.807) is 6.20 Å². The first-order valence-corrected chi connectivity index (χ1v) is 7.20. The van der Waals surface area contributed by atoms with E-state index >= 15 is 0 Å². The molecule has 0 aliphatic heterocycles. The molecular formula is C16H19N3S. The largest absolute Gasteiger partial charge is 0.389 e. The maximum atomic E-state index is 5.66. The Hall–Kier alpha value is -1.94. The number of anilines is 2. The Kier molecular flexibility index (Phi) is 4.69. The summed E-state index contributed by atoms with van der Waals surface area (Å²) in [4.78, 5) is 4.73. The van der Waals surface area contributed by atoms with Crippen molar-refractivity contribution in [3.8, 4) is 0 Å². The van der Waals surface area contributed by atoms with Crippen LogP contribution in [0.2, 0.25) is 0 Å². The van der Waals surface area contributed by atoms with Gasteiger partial charge in [-0.2, -0.15) is 0 Å². The topological polar surface area (TPSA) is 50.9 Å². The van der Waals surface area contributed by atoms with Gasteiger partial charge in [-0.05, 0) is 36.1 Å². The average Bonchev–Trinajstić information content (AvgIpc) is 2.47. The van der Waals surface area contributed by atoms with Crippen molar-refractivity contribution >= 4 is 28.7 Å². The number of thiocarbonyl (C=S) groups is 1. The van der Waals surface area contributed by atoms with Gasteiger partial charge in [0.1, 0.15) is 10.8 Å². The lowest BCUT2D eigenvalue weighted by Crippen LogP contribution is -2.10. The van der Waals surface area contributed by atoms with Crippen LogP contribution in [0.3, 0.4) is 0 Å². The van der Waals surface area contributed by atoms with Gasteiger partial charge in [0.05, 0.1) is 0 Å². The third-order valence-electron chi connectivity index (χ3n) is 3.30. The van der Waals surface area contributed by atoms with Crippen LogP contribution in [-0.2, 0) is 12.8 Å². The van der Waals surface area contributed by atoms with Crippen molar-refractivity contribution in [3.05, 3.63) is 53.2 Å². The summed E-state index contributed by atoms with van der Waals surface area (Å²) in [6.45, 7) is 4.30. The number of aromatic nitrogens is 1. The fourth-order valence-corrected chi connectivity index (χ4v) is 2.31. The van der Waals surface area contributed by atoms with Crippen molar-refractivity contribution in [1.29, 1.82) is 0 Å². The SMILES string of the molecule is CCc1cccc(CC)c1Nc1cc(C(N)=S)ccn1. The highest BCUT2D eigenvalue weighted by Crippen LogP contribution is 2.25. The minimum absolute atomic E-state index is 0.384. The highest BCUT2D eigenvalue weighted by Gasteiger charge is 2.07. The summed E-state index contributed by atoms with van der Waals surface area (Å²) in [5.74, 6) is 0.769. The van der Waals surface area contributed by atoms with Gasteiger partial charge in [0.15, 0.2) is 0 Å². The molecule has 0 atom stereocenters. The van der Waals surface area contributed by atoms with Crippen LogP contribution in [0.5, 0.6) is 0 Å². The molecule has 0 unspecified atom stereocenters. The maximum absolute atomic E-state index is 5.66. The highest BCUT2D eigenvalue weighted by atomic mass is 32.1. The molecule has 2 aromatic rings. The first kappa shape index (κ1) is 14.5. The molecule has 1 aromatic carbocycles. The van der Waals surface area contributed by atoms with Crippen molar-refractivity contribution in [2.45, 2.75) is 26.7 Å². The van der Waals surface area contributed by atoms with Gasteiger partial charge in [-0.1, -0.05) is 44.3 Å². The Balaban J connectivity index is 2.39. The Morgan fingerprint density at radius 3 is 2.40 bits per heavy atom. The molecule has 0 aliphatic rings. The van der Waals surface area contributed by atoms with E-state index in [1.807, 2.05) is 12.1 Å². The Bertz CT molecular complexity index is 601. The Morgan fingerprint density at radius 1 is 1.20 bits per heavy atom. The van der Waals surface area contributed by atoms with Gasteiger partial charge in [0, 0.05) is 17.4 Å². The van der Waals surface area contributed by atoms with Gasteiger partial charge in [-0.3, -0.25) is 0 Å². The number of pyridine rings is 1. The number of benzene rings is 1. The van der Waals surface area contributed by atoms with E-state index in [1.165, 1.54) is 11.1 Å². The molecule has 0 radical (unpaired) electrons. The summed E-state index contributed by atoms with van der Waals surface area (Å²) in [5, 5.41) is 3.41. The zero-order valence-electron chi connectivity index (χ0n) is 11.8. The lowest BCUT2D eigenvalue weighted by atomic mass is 10.0. The van der Waals surface area contributed by atoms with E-state index in [4.69, 9.17) is 18.0 Å². The van der Waals surface area contributed by atoms with Crippen LogP contribution in [0.4, 0.5) is 11.5 Å². The summed E-state index contributed by atoms with van der Waals surface area (Å²) in [5.41, 5.74) is 10.2. The molecule has 0 spiro atoms. The monoisotopic (exact) mass is 285 g/mol. The smallest absolute Gasteiger partial charge is 0.130 e. The highest BCUT2D eigenvalue weighted by molar-refractivity contribution is 7.80. The van der Waals surface area contributed by atoms with Crippen LogP contribution < -0.4 is 11.1 Å². The third-order valence-corrected chi connectivity index (χ3v) is 3.53. The number of hydrogen-bond donors (Lipinski definition) is 2. The van der Waals surface area contributed by atoms with Gasteiger partial charge in [0.25, 0.3) is 0 Å². The predicted octanol–water partition coefficient (Wildman–Crippen LogP) is 3.58. The van der Waals surface area contributed by atoms with Gasteiger partial charge >= 0.3 is 0 Å². The van der Waals surface area contributed by atoms with Crippen LogP contribution in [0, 0.1) is 0 Å². The van der Waals surface area contributed by atoms with Crippen LogP contribution in [0.25, 0.3) is 0 Å². The molecule has 20 heavy (non-hydrogen) atoms. The molecule has 0 amide bonds. The van der Waals surface area contributed by atoms with Gasteiger partial charge < -0.3 is 11.1 Å². The Morgan fingerprint density at radius 2 is 1.85 bits per heavy atom. The standard InChI is InChI=1S/C16H19N3S/c1-3-11-6-5-7-12(4-2)15(11)19-14-10-13(16(17)20)8-9-18-14/h5-10H,3-4H2,1-2H3,(H2,17,20)(H,18,19). The summed E-state index contributed by atoms with van der Waals surface area (Å²) >= 11 is 5.01. The second-order valence-electron chi connectivity index (χ2n) is 4.58. The molecular weight excluding hydrogens is 266 g/mol. The normalized spacial score (nSPS) is 10.3. The number of aryl methyl sites for hydroxylation is 2. The first-order valence-electron chi connectivity index (χ1n) is 6.79. The van der Waals surface area contributed by atoms with E-state index in [0.717, 1.165) is 29.9 Å². The van der Waals surface area contributed by atoms with E-state index < -0.39 is 0 Å². The number of para-hydroxylation sites is 1. The number of nitrogens with one attached hydrogen (secondary N) is 1. The van der Waals surface area contributed by atoms with Crippen molar-refractivity contribution in [2.75, 3.05) is 5.32 Å². The molecule has 0 bridgehead atoms. The van der Waals surface area contributed by atoms with E-state index in [2.05, 4.69) is 42.3 Å². The number of nitrogens with two attached hydrogens (primary N) is 1. The lowest BCUT2D eigenvalue weighted by Gasteiger charge is -2.15. The number of nitrogens with zero attached hydrogens (tertiary/aromatic N) is 1. The molecule has 4 heteroatoms. The Labute approximate surface area is 125 Å². The van der Waals surface area contributed by atoms with Crippen molar-refractivity contribution in [2.24, 2.45) is 5.73 Å². The maximum Gasteiger partial charge on any atom is 0.130 e. The summed E-state index contributed by atoms with van der Waals surface area (Å²) in [6, 6.07) is 10.1. The molecule has 1 aromatic heterocycles. The summed E-state index contributed by atoms with van der Waals surface area (Å²) in [6.07, 6.45) is 3.67. The predicted molar refractivity (Wildman–Crippen MR) is 88.6 cm³/mol. The molecule has 2 rings (SSSR count). The fourth-order valence-electron chi connectivity index (χ4n) is 2.18. The number of rotatable bonds is 5. The van der Waals surface area contributed by atoms with E-state index in [-0.39, 0.29) is 0 Å². The van der Waals surface area contributed by atoms with E-state index in [0.29, 0.717) is 4.99 Å². The van der Waals surface area contributed by atoms with Crippen LogP contribution >= 0.6 is 12.2 Å². The second kappa shape index (κ2) is 6.48. The average molecular weight is 285 g/mol. The second-order valence-corrected chi connectivity index (χ2v) is 5.02. The molecule has 0 fully saturated rings. The van der Waals surface area contributed by atoms with Crippen LogP contribution in [-0.4, -0.2) is 9.97 Å². The van der Waals surface area contributed by atoms with Gasteiger partial charge in [-0.25, -0.2) is 4.98 Å². The zero-order chi connectivity index (χ0) is 14.5. The summed E-state index contributed by atoms with van der Waals surface area (Å²) in [7, 11) is 0. The molecule has 0 saturated heterocycles. The minimum Gasteiger partial charge on any atom is -0.389 e. The van der Waals surface area contributed by atoms with E-state index in [9.17, 15) is 0 Å². The molecule has 104 valence electrons. The quantitative estimate of drug-likeness (QED) is 0.824. The number of hydrogen-bond acceptors (Lipinski definition) is 3. The van der Waals surface area contributed by atoms with Crippen LogP contribution in [0.1, 0.15) is 30.5 Å². The molecule has 1 heterocycles. The van der Waals surface area contributed by atoms with Crippen molar-refractivity contribution < 1.29 is 0 Å². The lowest BCUT2D eigenvalue weighted by molar-refractivity contribution is 1.08. The fraction of sp³-hybridized carbons (Fsp3) is 0.250. The minimum atomic E-state index is 0.384. The van der Waals surface area contributed by atoms with Gasteiger partial charge in [-0.15, -0.1) is 0 Å². The molecule has 3 nitrogen and oxygen atoms in total. The third kappa shape index (κ3) is 3.14. The zero-order valence-corrected chi connectivity index (χ0v) is 12.6. The molecule has 3 N–H and O–H groups in total. The van der Waals surface area contributed by atoms with Crippen molar-refractivity contribution in [3.63, 3.8) is 0 Å². The van der Waals surface area contributed by atoms with Crippen LogP contribution in [0.15, 0.2) is 36.5 Å². The molecule has 0 aliphatic carbocycles. The molecule has 0 saturated carbocycles. The summed E-state index contributed by atoms with van der Waals surface area (Å²) < 4.78 is 0. The van der Waals surface area contributed by atoms with Crippen molar-refractivity contribution in [1.82, 2.24) is 4.98 Å².